The van der Waals surface area contributed by atoms with Gasteiger partial charge < -0.3 is 20.1 Å². The van der Waals surface area contributed by atoms with Crippen LogP contribution in [-0.2, 0) is 6.42 Å². The molecule has 2 N–H and O–H groups in total. The van der Waals surface area contributed by atoms with Crippen molar-refractivity contribution in [2.75, 3.05) is 31.4 Å². The highest BCUT2D eigenvalue weighted by Gasteiger charge is 2.06. The predicted molar refractivity (Wildman–Crippen MR) is 113 cm³/mol. The van der Waals surface area contributed by atoms with Crippen molar-refractivity contribution in [3.63, 3.8) is 0 Å². The number of methoxy groups -OCH3 is 2. The summed E-state index contributed by atoms with van der Waals surface area (Å²) in [6, 6.07) is 13.4. The fraction of sp³-hybridized carbons (Fsp3) is 0.238. The van der Waals surface area contributed by atoms with Gasteiger partial charge in [-0.1, -0.05) is 17.7 Å². The summed E-state index contributed by atoms with van der Waals surface area (Å²) in [6.07, 6.45) is 2.54. The second kappa shape index (κ2) is 9.28. The van der Waals surface area contributed by atoms with E-state index in [1.54, 1.807) is 20.4 Å². The Morgan fingerprint density at radius 3 is 2.57 bits per heavy atom. The van der Waals surface area contributed by atoms with E-state index in [-0.39, 0.29) is 0 Å². The van der Waals surface area contributed by atoms with Crippen LogP contribution in [0.1, 0.15) is 11.1 Å². The van der Waals surface area contributed by atoms with E-state index in [4.69, 9.17) is 21.1 Å². The van der Waals surface area contributed by atoms with Gasteiger partial charge in [0.2, 0.25) is 5.95 Å². The summed E-state index contributed by atoms with van der Waals surface area (Å²) < 4.78 is 10.6. The SMILES string of the molecule is COc1ccc(CCNc2ccnc(Nc3ccc(Cl)cc3C)n2)cc1OC. The Balaban J connectivity index is 1.60. The lowest BCUT2D eigenvalue weighted by molar-refractivity contribution is 0.354. The number of ether oxygens (including phenoxy) is 2. The summed E-state index contributed by atoms with van der Waals surface area (Å²) in [6.45, 7) is 2.71. The average molecular weight is 399 g/mol. The third kappa shape index (κ3) is 5.04. The van der Waals surface area contributed by atoms with Crippen molar-refractivity contribution in [3.8, 4) is 11.5 Å². The number of aromatic nitrogens is 2. The second-order valence-electron chi connectivity index (χ2n) is 6.22. The van der Waals surface area contributed by atoms with Gasteiger partial charge >= 0.3 is 0 Å². The molecule has 0 unspecified atom stereocenters. The van der Waals surface area contributed by atoms with Gasteiger partial charge in [0.1, 0.15) is 5.82 Å². The van der Waals surface area contributed by atoms with Crippen molar-refractivity contribution >= 4 is 29.1 Å². The monoisotopic (exact) mass is 398 g/mol. The first-order valence-corrected chi connectivity index (χ1v) is 9.28. The molecule has 0 aliphatic carbocycles. The minimum Gasteiger partial charge on any atom is -0.493 e. The van der Waals surface area contributed by atoms with E-state index in [0.29, 0.717) is 11.0 Å². The Morgan fingerprint density at radius 1 is 1.00 bits per heavy atom. The van der Waals surface area contributed by atoms with Crippen LogP contribution < -0.4 is 20.1 Å². The number of aryl methyl sites for hydroxylation is 1. The van der Waals surface area contributed by atoms with Crippen LogP contribution in [-0.4, -0.2) is 30.7 Å². The van der Waals surface area contributed by atoms with Gasteiger partial charge in [-0.25, -0.2) is 4.98 Å². The number of rotatable bonds is 8. The largest absolute Gasteiger partial charge is 0.493 e. The molecule has 146 valence electrons. The Hall–Kier alpha value is -2.99. The Labute approximate surface area is 169 Å². The van der Waals surface area contributed by atoms with E-state index >= 15 is 0 Å². The first-order chi connectivity index (χ1) is 13.6. The van der Waals surface area contributed by atoms with Gasteiger partial charge in [0.15, 0.2) is 11.5 Å². The van der Waals surface area contributed by atoms with Gasteiger partial charge in [-0.05, 0) is 60.9 Å². The molecule has 6 nitrogen and oxygen atoms in total. The molecule has 0 atom stereocenters. The lowest BCUT2D eigenvalue weighted by Gasteiger charge is -2.11. The molecule has 0 saturated heterocycles. The van der Waals surface area contributed by atoms with Crippen molar-refractivity contribution in [1.82, 2.24) is 9.97 Å². The summed E-state index contributed by atoms with van der Waals surface area (Å²) in [5.41, 5.74) is 3.10. The number of hydrogen-bond acceptors (Lipinski definition) is 6. The molecule has 0 aliphatic heterocycles. The molecule has 7 heteroatoms. The van der Waals surface area contributed by atoms with E-state index in [2.05, 4.69) is 20.6 Å². The number of nitrogens with zero attached hydrogens (tertiary/aromatic N) is 2. The molecule has 3 aromatic rings. The Kier molecular flexibility index (Phi) is 6.55. The van der Waals surface area contributed by atoms with Crippen molar-refractivity contribution in [2.24, 2.45) is 0 Å². The molecular formula is C21H23ClN4O2. The van der Waals surface area contributed by atoms with Crippen molar-refractivity contribution in [2.45, 2.75) is 13.3 Å². The maximum atomic E-state index is 6.00. The van der Waals surface area contributed by atoms with Gasteiger partial charge in [-0.2, -0.15) is 4.98 Å². The summed E-state index contributed by atoms with van der Waals surface area (Å²) >= 11 is 6.00. The molecule has 0 fully saturated rings. The van der Waals surface area contributed by atoms with Crippen LogP contribution >= 0.6 is 11.6 Å². The quantitative estimate of drug-likeness (QED) is 0.565. The van der Waals surface area contributed by atoms with Gasteiger partial charge in [-0.3, -0.25) is 0 Å². The van der Waals surface area contributed by atoms with E-state index in [0.717, 1.165) is 47.1 Å². The van der Waals surface area contributed by atoms with Crippen molar-refractivity contribution in [3.05, 3.63) is 64.8 Å². The van der Waals surface area contributed by atoms with Crippen molar-refractivity contribution < 1.29 is 9.47 Å². The maximum absolute atomic E-state index is 6.00. The number of halogens is 1. The van der Waals surface area contributed by atoms with Crippen molar-refractivity contribution in [1.29, 1.82) is 0 Å². The Morgan fingerprint density at radius 2 is 1.82 bits per heavy atom. The molecule has 1 aromatic heterocycles. The molecule has 0 aliphatic rings. The van der Waals surface area contributed by atoms with Crippen LogP contribution in [0.4, 0.5) is 17.5 Å². The van der Waals surface area contributed by atoms with Crippen LogP contribution in [0, 0.1) is 6.92 Å². The molecule has 28 heavy (non-hydrogen) atoms. The first-order valence-electron chi connectivity index (χ1n) is 8.90. The molecular weight excluding hydrogens is 376 g/mol. The van der Waals surface area contributed by atoms with Gasteiger partial charge in [0, 0.05) is 23.5 Å². The van der Waals surface area contributed by atoms with E-state index < -0.39 is 0 Å². The zero-order valence-corrected chi connectivity index (χ0v) is 16.9. The fourth-order valence-electron chi connectivity index (χ4n) is 2.78. The summed E-state index contributed by atoms with van der Waals surface area (Å²) in [5, 5.41) is 7.25. The van der Waals surface area contributed by atoms with Crippen LogP contribution in [0.3, 0.4) is 0 Å². The average Bonchev–Trinajstić information content (AvgIpc) is 2.70. The lowest BCUT2D eigenvalue weighted by atomic mass is 10.1. The lowest BCUT2D eigenvalue weighted by Crippen LogP contribution is -2.08. The van der Waals surface area contributed by atoms with Gasteiger partial charge in [-0.15, -0.1) is 0 Å². The first kappa shape index (κ1) is 19.8. The van der Waals surface area contributed by atoms with Crippen LogP contribution in [0.5, 0.6) is 11.5 Å². The highest BCUT2D eigenvalue weighted by molar-refractivity contribution is 6.30. The predicted octanol–water partition coefficient (Wildman–Crippen LogP) is 4.85. The standard InChI is InChI=1S/C21H23ClN4O2/c1-14-12-16(22)5-6-17(14)25-21-24-11-9-20(26-21)23-10-8-15-4-7-18(27-2)19(13-15)28-3/h4-7,9,11-13H,8,10H2,1-3H3,(H2,23,24,25,26). The van der Waals surface area contributed by atoms with Gasteiger partial charge in [0.05, 0.1) is 14.2 Å². The summed E-state index contributed by atoms with van der Waals surface area (Å²) in [4.78, 5) is 8.79. The molecule has 2 aromatic carbocycles. The normalized spacial score (nSPS) is 10.4. The molecule has 1 heterocycles. The highest BCUT2D eigenvalue weighted by atomic mass is 35.5. The van der Waals surface area contributed by atoms with E-state index in [9.17, 15) is 0 Å². The third-order valence-electron chi connectivity index (χ3n) is 4.26. The smallest absolute Gasteiger partial charge is 0.229 e. The van der Waals surface area contributed by atoms with E-state index in [1.807, 2.05) is 49.4 Å². The molecule has 0 radical (unpaired) electrons. The molecule has 0 amide bonds. The number of nitrogens with one attached hydrogen (secondary N) is 2. The Bertz CT molecular complexity index is 949. The highest BCUT2D eigenvalue weighted by Crippen LogP contribution is 2.27. The summed E-state index contributed by atoms with van der Waals surface area (Å²) in [7, 11) is 3.27. The van der Waals surface area contributed by atoms with E-state index in [1.165, 1.54) is 0 Å². The zero-order valence-electron chi connectivity index (χ0n) is 16.1. The maximum Gasteiger partial charge on any atom is 0.229 e. The third-order valence-corrected chi connectivity index (χ3v) is 4.49. The zero-order chi connectivity index (χ0) is 19.9. The minimum atomic E-state index is 0.529. The van der Waals surface area contributed by atoms with Crippen LogP contribution in [0.15, 0.2) is 48.7 Å². The van der Waals surface area contributed by atoms with Crippen LogP contribution in [0.2, 0.25) is 5.02 Å². The molecule has 0 saturated carbocycles. The minimum absolute atomic E-state index is 0.529. The van der Waals surface area contributed by atoms with Crippen LogP contribution in [0.25, 0.3) is 0 Å². The number of benzene rings is 2. The second-order valence-corrected chi connectivity index (χ2v) is 6.65. The topological polar surface area (TPSA) is 68.3 Å². The fourth-order valence-corrected chi connectivity index (χ4v) is 3.00. The van der Waals surface area contributed by atoms with Gasteiger partial charge in [0.25, 0.3) is 0 Å². The molecule has 3 rings (SSSR count). The summed E-state index contributed by atoms with van der Waals surface area (Å²) in [5.74, 6) is 2.74. The number of anilines is 3. The number of hydrogen-bond donors (Lipinski definition) is 2. The molecule has 0 bridgehead atoms. The molecule has 0 spiro atoms.